The number of H-pyrrole nitrogens is 1. The van der Waals surface area contributed by atoms with Gasteiger partial charge in [-0.15, -0.1) is 5.10 Å². The van der Waals surface area contributed by atoms with E-state index in [1.807, 2.05) is 30.5 Å². The van der Waals surface area contributed by atoms with Crippen LogP contribution in [0.15, 0.2) is 36.7 Å². The van der Waals surface area contributed by atoms with E-state index in [1.165, 1.54) is 10.9 Å². The number of fused-ring (bicyclic) bond motifs is 1. The molecule has 3 aromatic rings. The third-order valence-electron chi connectivity index (χ3n) is 3.46. The molecule has 0 fully saturated rings. The minimum atomic E-state index is -0.225. The number of rotatable bonds is 5. The Hall–Kier alpha value is -3.16. The molecule has 0 unspecified atom stereocenters. The molecule has 0 aliphatic rings. The Morgan fingerprint density at radius 1 is 1.25 bits per heavy atom. The molecule has 2 amide bonds. The van der Waals surface area contributed by atoms with Crippen molar-refractivity contribution in [2.45, 2.75) is 20.4 Å². The largest absolute Gasteiger partial charge is 0.361 e. The summed E-state index contributed by atoms with van der Waals surface area (Å²) in [6, 6.07) is 7.55. The van der Waals surface area contributed by atoms with Gasteiger partial charge in [0.2, 0.25) is 11.8 Å². The smallest absolute Gasteiger partial charge is 0.246 e. The summed E-state index contributed by atoms with van der Waals surface area (Å²) in [5.74, 6) is -0.195. The van der Waals surface area contributed by atoms with E-state index in [0.717, 1.165) is 10.9 Å². The minimum Gasteiger partial charge on any atom is -0.361 e. The van der Waals surface area contributed by atoms with E-state index in [0.29, 0.717) is 11.5 Å². The fourth-order valence-electron chi connectivity index (χ4n) is 2.18. The monoisotopic (exact) mass is 326 g/mol. The number of carbonyl (C=O) groups is 2. The van der Waals surface area contributed by atoms with E-state index < -0.39 is 0 Å². The molecule has 1 aromatic carbocycles. The van der Waals surface area contributed by atoms with E-state index >= 15 is 0 Å². The number of aromatic amines is 1. The first kappa shape index (κ1) is 15.7. The van der Waals surface area contributed by atoms with Crippen LogP contribution in [0.2, 0.25) is 0 Å². The number of nitrogens with zero attached hydrogens (tertiary/aromatic N) is 3. The van der Waals surface area contributed by atoms with E-state index in [2.05, 4.69) is 25.9 Å². The molecule has 24 heavy (non-hydrogen) atoms. The van der Waals surface area contributed by atoms with E-state index in [1.54, 1.807) is 13.8 Å². The molecular formula is C16H18N6O2. The molecule has 0 saturated carbocycles. The first-order valence-electron chi connectivity index (χ1n) is 7.59. The lowest BCUT2D eigenvalue weighted by Gasteiger charge is -2.05. The summed E-state index contributed by atoms with van der Waals surface area (Å²) in [6.07, 6.45) is 3.37. The van der Waals surface area contributed by atoms with Crippen molar-refractivity contribution in [1.82, 2.24) is 20.0 Å². The van der Waals surface area contributed by atoms with Crippen LogP contribution in [0.4, 0.5) is 11.5 Å². The van der Waals surface area contributed by atoms with Crippen LogP contribution in [-0.2, 0) is 16.1 Å². The third-order valence-corrected chi connectivity index (χ3v) is 3.46. The molecule has 0 aliphatic heterocycles. The van der Waals surface area contributed by atoms with Gasteiger partial charge in [0.25, 0.3) is 0 Å². The summed E-state index contributed by atoms with van der Waals surface area (Å²) >= 11 is 0. The Morgan fingerprint density at radius 3 is 2.88 bits per heavy atom. The van der Waals surface area contributed by atoms with Crippen LogP contribution < -0.4 is 10.6 Å². The van der Waals surface area contributed by atoms with Crippen molar-refractivity contribution in [2.24, 2.45) is 5.92 Å². The average molecular weight is 326 g/mol. The Bertz CT molecular complexity index is 879. The fourth-order valence-corrected chi connectivity index (χ4v) is 2.18. The summed E-state index contributed by atoms with van der Waals surface area (Å²) in [5.41, 5.74) is 1.72. The SMILES string of the molecule is CC(C)C(=O)Nc1cn(CC(=O)Nc2ccc3[nH]ccc3c2)nn1. The summed E-state index contributed by atoms with van der Waals surface area (Å²) < 4.78 is 1.38. The van der Waals surface area contributed by atoms with Crippen LogP contribution in [0.3, 0.4) is 0 Å². The summed E-state index contributed by atoms with van der Waals surface area (Å²) in [7, 11) is 0. The fraction of sp³-hybridized carbons (Fsp3) is 0.250. The third kappa shape index (κ3) is 3.60. The van der Waals surface area contributed by atoms with Gasteiger partial charge < -0.3 is 15.6 Å². The predicted molar refractivity (Wildman–Crippen MR) is 90.4 cm³/mol. The van der Waals surface area contributed by atoms with Gasteiger partial charge in [-0.3, -0.25) is 9.59 Å². The van der Waals surface area contributed by atoms with Crippen LogP contribution in [0.1, 0.15) is 13.8 Å². The number of aromatic nitrogens is 4. The Labute approximate surface area is 138 Å². The molecule has 8 heteroatoms. The van der Waals surface area contributed by atoms with Crippen molar-refractivity contribution in [3.63, 3.8) is 0 Å². The Morgan fingerprint density at radius 2 is 2.08 bits per heavy atom. The molecule has 0 atom stereocenters. The van der Waals surface area contributed by atoms with Crippen LogP contribution >= 0.6 is 0 Å². The number of carbonyl (C=O) groups excluding carboxylic acids is 2. The zero-order chi connectivity index (χ0) is 17.1. The second-order valence-electron chi connectivity index (χ2n) is 5.77. The van der Waals surface area contributed by atoms with Crippen molar-refractivity contribution in [3.05, 3.63) is 36.7 Å². The highest BCUT2D eigenvalue weighted by Crippen LogP contribution is 2.17. The second kappa shape index (κ2) is 6.53. The van der Waals surface area contributed by atoms with Gasteiger partial charge in [-0.2, -0.15) is 0 Å². The van der Waals surface area contributed by atoms with Crippen LogP contribution in [0.5, 0.6) is 0 Å². The van der Waals surface area contributed by atoms with Gasteiger partial charge in [0, 0.05) is 28.7 Å². The molecule has 8 nitrogen and oxygen atoms in total. The number of benzene rings is 1. The van der Waals surface area contributed by atoms with Crippen LogP contribution in [0, 0.1) is 5.92 Å². The molecule has 3 N–H and O–H groups in total. The number of hydrogen-bond donors (Lipinski definition) is 3. The van der Waals surface area contributed by atoms with Crippen molar-refractivity contribution in [2.75, 3.05) is 10.6 Å². The van der Waals surface area contributed by atoms with Crippen LogP contribution in [-0.4, -0.2) is 31.8 Å². The molecule has 3 rings (SSSR count). The highest BCUT2D eigenvalue weighted by Gasteiger charge is 2.11. The summed E-state index contributed by atoms with van der Waals surface area (Å²) in [5, 5.41) is 14.1. The lowest BCUT2D eigenvalue weighted by atomic mass is 10.2. The van der Waals surface area contributed by atoms with Gasteiger partial charge in [0.05, 0.1) is 6.20 Å². The average Bonchev–Trinajstić information content (AvgIpc) is 3.15. The number of anilines is 2. The standard InChI is InChI=1S/C16H18N6O2/c1-10(2)16(24)19-14-8-22(21-20-14)9-15(23)18-12-3-4-13-11(7-12)5-6-17-13/h3-8,10,17H,9H2,1-2H3,(H,18,23)(H,19,24). The van der Waals surface area contributed by atoms with Gasteiger partial charge in [-0.05, 0) is 24.3 Å². The van der Waals surface area contributed by atoms with Crippen molar-refractivity contribution in [3.8, 4) is 0 Å². The number of nitrogens with one attached hydrogen (secondary N) is 3. The molecule has 0 saturated heterocycles. The van der Waals surface area contributed by atoms with Crippen molar-refractivity contribution < 1.29 is 9.59 Å². The van der Waals surface area contributed by atoms with E-state index in [4.69, 9.17) is 0 Å². The van der Waals surface area contributed by atoms with Gasteiger partial charge in [-0.25, -0.2) is 4.68 Å². The van der Waals surface area contributed by atoms with Crippen molar-refractivity contribution >= 4 is 34.2 Å². The maximum Gasteiger partial charge on any atom is 0.246 e. The molecule has 0 spiro atoms. The normalized spacial score (nSPS) is 11.0. The Balaban J connectivity index is 1.60. The molecular weight excluding hydrogens is 308 g/mol. The lowest BCUT2D eigenvalue weighted by molar-refractivity contribution is -0.119. The Kier molecular flexibility index (Phi) is 4.28. The van der Waals surface area contributed by atoms with Gasteiger partial charge in [0.1, 0.15) is 6.54 Å². The summed E-state index contributed by atoms with van der Waals surface area (Å²) in [4.78, 5) is 26.8. The predicted octanol–water partition coefficient (Wildman–Crippen LogP) is 1.99. The number of amides is 2. The molecule has 2 heterocycles. The quantitative estimate of drug-likeness (QED) is 0.667. The van der Waals surface area contributed by atoms with Gasteiger partial charge in [-0.1, -0.05) is 19.1 Å². The molecule has 0 aliphatic carbocycles. The molecule has 124 valence electrons. The highest BCUT2D eigenvalue weighted by molar-refractivity contribution is 5.94. The highest BCUT2D eigenvalue weighted by atomic mass is 16.2. The second-order valence-corrected chi connectivity index (χ2v) is 5.77. The maximum atomic E-state index is 12.1. The molecule has 0 radical (unpaired) electrons. The minimum absolute atomic E-state index is 0.00965. The zero-order valence-corrected chi connectivity index (χ0v) is 13.4. The topological polar surface area (TPSA) is 105 Å². The lowest BCUT2D eigenvalue weighted by Crippen LogP contribution is -2.19. The zero-order valence-electron chi connectivity index (χ0n) is 13.4. The van der Waals surface area contributed by atoms with Crippen LogP contribution in [0.25, 0.3) is 10.9 Å². The first-order valence-corrected chi connectivity index (χ1v) is 7.59. The maximum absolute atomic E-state index is 12.1. The molecule has 2 aromatic heterocycles. The van der Waals surface area contributed by atoms with Crippen molar-refractivity contribution in [1.29, 1.82) is 0 Å². The summed E-state index contributed by atoms with van der Waals surface area (Å²) in [6.45, 7) is 3.58. The van der Waals surface area contributed by atoms with Gasteiger partial charge in [0.15, 0.2) is 5.82 Å². The first-order chi connectivity index (χ1) is 11.5. The van der Waals surface area contributed by atoms with E-state index in [-0.39, 0.29) is 24.3 Å². The number of hydrogen-bond acceptors (Lipinski definition) is 4. The van der Waals surface area contributed by atoms with E-state index in [9.17, 15) is 9.59 Å². The molecule has 0 bridgehead atoms. The van der Waals surface area contributed by atoms with Gasteiger partial charge >= 0.3 is 0 Å².